The fourth-order valence-electron chi connectivity index (χ4n) is 2.69. The highest BCUT2D eigenvalue weighted by molar-refractivity contribution is 7.07. The van der Waals surface area contributed by atoms with Gasteiger partial charge >= 0.3 is 0 Å². The maximum atomic E-state index is 12.3. The molecule has 94 valence electrons. The van der Waals surface area contributed by atoms with Crippen molar-refractivity contribution in [2.24, 2.45) is 5.92 Å². The number of nitrogens with zero attached hydrogens (tertiary/aromatic N) is 3. The molecule has 1 aromatic heterocycles. The molecule has 5 heteroatoms. The van der Waals surface area contributed by atoms with E-state index < -0.39 is 0 Å². The molecule has 1 amide bonds. The van der Waals surface area contributed by atoms with Crippen LogP contribution in [0.3, 0.4) is 0 Å². The topological polar surface area (TPSA) is 46.1 Å². The van der Waals surface area contributed by atoms with E-state index in [1.165, 1.54) is 30.8 Å². The Morgan fingerprint density at radius 2 is 2.29 bits per heavy atom. The van der Waals surface area contributed by atoms with Crippen LogP contribution in [0.5, 0.6) is 0 Å². The fraction of sp³-hybridized carbons (Fsp3) is 0.750. The smallest absolute Gasteiger partial charge is 0.267 e. The minimum absolute atomic E-state index is 0.0984. The highest BCUT2D eigenvalue weighted by Gasteiger charge is 2.30. The van der Waals surface area contributed by atoms with E-state index in [0.717, 1.165) is 13.0 Å². The highest BCUT2D eigenvalue weighted by Crippen LogP contribution is 2.29. The van der Waals surface area contributed by atoms with E-state index in [1.54, 1.807) is 6.20 Å². The first kappa shape index (κ1) is 12.5. The number of rotatable bonds is 3. The van der Waals surface area contributed by atoms with Crippen LogP contribution in [-0.2, 0) is 0 Å². The molecule has 0 aliphatic heterocycles. The van der Waals surface area contributed by atoms with Gasteiger partial charge in [-0.2, -0.15) is 0 Å². The lowest BCUT2D eigenvalue weighted by Gasteiger charge is -2.37. The summed E-state index contributed by atoms with van der Waals surface area (Å²) in [5.41, 5.74) is 0. The van der Waals surface area contributed by atoms with Crippen LogP contribution >= 0.6 is 11.5 Å². The second-order valence-electron chi connectivity index (χ2n) is 4.70. The molecule has 0 radical (unpaired) electrons. The third-order valence-corrected chi connectivity index (χ3v) is 4.29. The lowest BCUT2D eigenvalue weighted by Crippen LogP contribution is -2.44. The molecule has 0 unspecified atom stereocenters. The lowest BCUT2D eigenvalue weighted by atomic mass is 9.85. The molecule has 1 aromatic rings. The standard InChI is InChI=1S/C12H19N3OS/c1-3-15(10-7-5-4-6-9(10)2)12(16)11-8-13-14-17-11/h8-10H,3-7H2,1-2H3/t9-,10+/m0/s1. The number of hydrogen-bond acceptors (Lipinski definition) is 4. The van der Waals surface area contributed by atoms with Gasteiger partial charge in [0.1, 0.15) is 4.88 Å². The van der Waals surface area contributed by atoms with Crippen LogP contribution < -0.4 is 0 Å². The van der Waals surface area contributed by atoms with Crippen LogP contribution in [0, 0.1) is 5.92 Å². The second-order valence-corrected chi connectivity index (χ2v) is 5.49. The summed E-state index contributed by atoms with van der Waals surface area (Å²) in [7, 11) is 0. The van der Waals surface area contributed by atoms with Gasteiger partial charge in [0.05, 0.1) is 6.20 Å². The molecule has 0 spiro atoms. The van der Waals surface area contributed by atoms with Crippen LogP contribution in [0.4, 0.5) is 0 Å². The summed E-state index contributed by atoms with van der Waals surface area (Å²) in [5, 5.41) is 3.75. The van der Waals surface area contributed by atoms with Crippen LogP contribution in [0.2, 0.25) is 0 Å². The van der Waals surface area contributed by atoms with Crippen molar-refractivity contribution in [3.8, 4) is 0 Å². The molecule has 0 aromatic carbocycles. The molecular weight excluding hydrogens is 234 g/mol. The van der Waals surface area contributed by atoms with Crippen molar-refractivity contribution < 1.29 is 4.79 Å². The first-order chi connectivity index (χ1) is 8.24. The Kier molecular flexibility index (Phi) is 4.10. The van der Waals surface area contributed by atoms with Crippen molar-refractivity contribution >= 4 is 17.4 Å². The molecule has 2 rings (SSSR count). The Balaban J connectivity index is 2.12. The van der Waals surface area contributed by atoms with E-state index in [4.69, 9.17) is 0 Å². The van der Waals surface area contributed by atoms with Gasteiger partial charge in [0.15, 0.2) is 0 Å². The summed E-state index contributed by atoms with van der Waals surface area (Å²) in [6.45, 7) is 5.07. The van der Waals surface area contributed by atoms with Gasteiger partial charge in [0, 0.05) is 12.6 Å². The summed E-state index contributed by atoms with van der Waals surface area (Å²) in [6, 6.07) is 0.392. The number of carbonyl (C=O) groups is 1. The maximum absolute atomic E-state index is 12.3. The van der Waals surface area contributed by atoms with Gasteiger partial charge in [-0.05, 0) is 37.2 Å². The Labute approximate surface area is 106 Å². The first-order valence-electron chi connectivity index (χ1n) is 6.32. The maximum Gasteiger partial charge on any atom is 0.267 e. The predicted octanol–water partition coefficient (Wildman–Crippen LogP) is 2.58. The van der Waals surface area contributed by atoms with Crippen molar-refractivity contribution in [2.45, 2.75) is 45.6 Å². The van der Waals surface area contributed by atoms with Crippen LogP contribution in [0.15, 0.2) is 6.20 Å². The predicted molar refractivity (Wildman–Crippen MR) is 68.0 cm³/mol. The molecule has 0 bridgehead atoms. The Morgan fingerprint density at radius 1 is 1.53 bits per heavy atom. The highest BCUT2D eigenvalue weighted by atomic mass is 32.1. The van der Waals surface area contributed by atoms with Crippen molar-refractivity contribution in [3.63, 3.8) is 0 Å². The average Bonchev–Trinajstić information content (AvgIpc) is 2.86. The number of aromatic nitrogens is 2. The summed E-state index contributed by atoms with van der Waals surface area (Å²) in [4.78, 5) is 15.0. The zero-order valence-electron chi connectivity index (χ0n) is 10.4. The Bertz CT molecular complexity index is 366. The normalized spacial score (nSPS) is 24.6. The van der Waals surface area contributed by atoms with Crippen molar-refractivity contribution in [1.29, 1.82) is 0 Å². The van der Waals surface area contributed by atoms with Crippen molar-refractivity contribution in [2.75, 3.05) is 6.54 Å². The van der Waals surface area contributed by atoms with Gasteiger partial charge in [-0.3, -0.25) is 4.79 Å². The minimum Gasteiger partial charge on any atom is -0.335 e. The zero-order chi connectivity index (χ0) is 12.3. The molecule has 0 saturated heterocycles. The molecule has 2 atom stereocenters. The van der Waals surface area contributed by atoms with Crippen LogP contribution in [0.25, 0.3) is 0 Å². The largest absolute Gasteiger partial charge is 0.335 e. The number of amides is 1. The number of hydrogen-bond donors (Lipinski definition) is 0. The average molecular weight is 253 g/mol. The van der Waals surface area contributed by atoms with Gasteiger partial charge in [0.2, 0.25) is 0 Å². The minimum atomic E-state index is 0.0984. The van der Waals surface area contributed by atoms with Crippen molar-refractivity contribution in [3.05, 3.63) is 11.1 Å². The Hall–Kier alpha value is -0.970. The first-order valence-corrected chi connectivity index (χ1v) is 7.09. The fourth-order valence-corrected chi connectivity index (χ4v) is 3.16. The SMILES string of the molecule is CCN(C(=O)c1cnns1)[C@@H]1CCCC[C@@H]1C. The molecular formula is C12H19N3OS. The van der Waals surface area contributed by atoms with E-state index in [0.29, 0.717) is 16.8 Å². The summed E-state index contributed by atoms with van der Waals surface area (Å²) < 4.78 is 3.77. The monoisotopic (exact) mass is 253 g/mol. The van der Waals surface area contributed by atoms with Gasteiger partial charge in [-0.25, -0.2) is 0 Å². The van der Waals surface area contributed by atoms with Crippen LogP contribution in [0.1, 0.15) is 49.2 Å². The van der Waals surface area contributed by atoms with E-state index in [-0.39, 0.29) is 5.91 Å². The summed E-state index contributed by atoms with van der Waals surface area (Å²) in [6.07, 6.45) is 6.47. The zero-order valence-corrected chi connectivity index (χ0v) is 11.2. The third-order valence-electron chi connectivity index (χ3n) is 3.64. The van der Waals surface area contributed by atoms with Crippen LogP contribution in [-0.4, -0.2) is 33.0 Å². The summed E-state index contributed by atoms with van der Waals surface area (Å²) in [5.74, 6) is 0.704. The van der Waals surface area contributed by atoms with Crippen molar-refractivity contribution in [1.82, 2.24) is 14.5 Å². The molecule has 0 N–H and O–H groups in total. The molecule has 1 fully saturated rings. The van der Waals surface area contributed by atoms with E-state index >= 15 is 0 Å². The molecule has 1 saturated carbocycles. The lowest BCUT2D eigenvalue weighted by molar-refractivity contribution is 0.0574. The van der Waals surface area contributed by atoms with E-state index in [1.807, 2.05) is 11.8 Å². The molecule has 1 aliphatic rings. The quantitative estimate of drug-likeness (QED) is 0.831. The van der Waals surface area contributed by atoms with Gasteiger partial charge < -0.3 is 4.90 Å². The second kappa shape index (κ2) is 5.58. The van der Waals surface area contributed by atoms with E-state index in [2.05, 4.69) is 16.5 Å². The Morgan fingerprint density at radius 3 is 2.88 bits per heavy atom. The van der Waals surface area contributed by atoms with Gasteiger partial charge in [-0.1, -0.05) is 24.3 Å². The molecule has 1 heterocycles. The molecule has 4 nitrogen and oxygen atoms in total. The van der Waals surface area contributed by atoms with Gasteiger partial charge in [-0.15, -0.1) is 5.10 Å². The van der Waals surface area contributed by atoms with Gasteiger partial charge in [0.25, 0.3) is 5.91 Å². The third kappa shape index (κ3) is 2.65. The number of carbonyl (C=O) groups excluding carboxylic acids is 1. The summed E-state index contributed by atoms with van der Waals surface area (Å²) >= 11 is 1.19. The molecule has 17 heavy (non-hydrogen) atoms. The van der Waals surface area contributed by atoms with E-state index in [9.17, 15) is 4.79 Å². The molecule has 1 aliphatic carbocycles.